The molecular formula is C38H24N4O. The van der Waals surface area contributed by atoms with Crippen LogP contribution in [0, 0.1) is 0 Å². The van der Waals surface area contributed by atoms with Gasteiger partial charge in [-0.15, -0.1) is 0 Å². The molecule has 0 amide bonds. The molecule has 1 aliphatic heterocycles. The molecule has 1 unspecified atom stereocenters. The van der Waals surface area contributed by atoms with Crippen LogP contribution in [0.25, 0.3) is 72.1 Å². The molecule has 5 heteroatoms. The number of hydrogen-bond donors (Lipinski definition) is 1. The van der Waals surface area contributed by atoms with E-state index in [1.54, 1.807) is 0 Å². The van der Waals surface area contributed by atoms with E-state index in [9.17, 15) is 0 Å². The number of fused-ring (bicyclic) bond motifs is 8. The highest BCUT2D eigenvalue weighted by Gasteiger charge is 2.28. The van der Waals surface area contributed by atoms with E-state index < -0.39 is 0 Å². The first-order valence-electron chi connectivity index (χ1n) is 14.4. The molecular weight excluding hydrogens is 528 g/mol. The average Bonchev–Trinajstić information content (AvgIpc) is 3.47. The molecule has 0 saturated heterocycles. The van der Waals surface area contributed by atoms with Crippen LogP contribution in [0.4, 0.5) is 0 Å². The van der Waals surface area contributed by atoms with Gasteiger partial charge in [0.15, 0.2) is 17.5 Å². The highest BCUT2D eigenvalue weighted by atomic mass is 16.3. The van der Waals surface area contributed by atoms with Crippen LogP contribution in [-0.4, -0.2) is 15.0 Å². The predicted molar refractivity (Wildman–Crippen MR) is 173 cm³/mol. The summed E-state index contributed by atoms with van der Waals surface area (Å²) >= 11 is 0. The number of nitrogens with zero attached hydrogens (tertiary/aromatic N) is 3. The molecule has 202 valence electrons. The summed E-state index contributed by atoms with van der Waals surface area (Å²) in [6.07, 6.45) is 3.88. The summed E-state index contributed by atoms with van der Waals surface area (Å²) < 4.78 is 6.22. The molecule has 1 aliphatic rings. The Bertz CT molecular complexity index is 2390. The maximum Gasteiger partial charge on any atom is 0.164 e. The van der Waals surface area contributed by atoms with E-state index in [4.69, 9.17) is 19.4 Å². The number of rotatable bonds is 3. The van der Waals surface area contributed by atoms with Gasteiger partial charge in [0.1, 0.15) is 17.4 Å². The fraction of sp³-hybridized carbons (Fsp3) is 0.0263. The average molecular weight is 553 g/mol. The topological polar surface area (TPSA) is 63.8 Å². The van der Waals surface area contributed by atoms with Crippen molar-refractivity contribution < 1.29 is 4.42 Å². The molecule has 0 radical (unpaired) electrons. The van der Waals surface area contributed by atoms with E-state index in [0.717, 1.165) is 38.8 Å². The van der Waals surface area contributed by atoms with Gasteiger partial charge in [0.2, 0.25) is 0 Å². The lowest BCUT2D eigenvalue weighted by Crippen LogP contribution is -2.23. The number of hydrogen-bond acceptors (Lipinski definition) is 5. The van der Waals surface area contributed by atoms with Gasteiger partial charge in [-0.2, -0.15) is 0 Å². The van der Waals surface area contributed by atoms with Gasteiger partial charge < -0.3 is 9.73 Å². The minimum atomic E-state index is -0.305. The first kappa shape index (κ1) is 23.9. The van der Waals surface area contributed by atoms with Gasteiger partial charge in [-0.1, -0.05) is 109 Å². The second-order valence-corrected chi connectivity index (χ2v) is 10.9. The van der Waals surface area contributed by atoms with E-state index in [1.807, 2.05) is 60.8 Å². The van der Waals surface area contributed by atoms with Crippen LogP contribution in [0.2, 0.25) is 0 Å². The summed E-state index contributed by atoms with van der Waals surface area (Å²) in [5, 5.41) is 11.6. The third-order valence-electron chi connectivity index (χ3n) is 8.40. The second-order valence-electron chi connectivity index (χ2n) is 10.9. The standard InChI is InChI=1S/C38H24N4O/c1-2-11-24(12-3-1)36-40-37(42-38(41-36)35-34-29-16-8-9-17-32(29)43-33(34)20-21-39-35)31-22-30-25-13-5-4-10-23(25)18-19-28(30)26-14-6-7-15-27(26)31/h1-22,35,39H. The smallest absolute Gasteiger partial charge is 0.164 e. The monoisotopic (exact) mass is 552 g/mol. The predicted octanol–water partition coefficient (Wildman–Crippen LogP) is 9.07. The van der Waals surface area contributed by atoms with Crippen LogP contribution in [0.1, 0.15) is 23.2 Å². The quantitative estimate of drug-likeness (QED) is 0.222. The third kappa shape index (κ3) is 3.75. The van der Waals surface area contributed by atoms with Crippen molar-refractivity contribution in [2.75, 3.05) is 0 Å². The lowest BCUT2D eigenvalue weighted by atomic mass is 9.93. The Balaban J connectivity index is 1.35. The van der Waals surface area contributed by atoms with Crippen molar-refractivity contribution in [2.24, 2.45) is 0 Å². The van der Waals surface area contributed by atoms with Crippen molar-refractivity contribution in [3.8, 4) is 22.8 Å². The van der Waals surface area contributed by atoms with E-state index in [-0.39, 0.29) is 6.04 Å². The van der Waals surface area contributed by atoms with Gasteiger partial charge >= 0.3 is 0 Å². The number of furan rings is 1. The van der Waals surface area contributed by atoms with Crippen LogP contribution in [-0.2, 0) is 0 Å². The Kier molecular flexibility index (Phi) is 5.19. The Morgan fingerprint density at radius 3 is 2.14 bits per heavy atom. The van der Waals surface area contributed by atoms with Gasteiger partial charge in [-0.3, -0.25) is 0 Å². The first-order valence-corrected chi connectivity index (χ1v) is 14.4. The summed E-state index contributed by atoms with van der Waals surface area (Å²) in [6, 6.07) is 41.7. The molecule has 0 saturated carbocycles. The third-order valence-corrected chi connectivity index (χ3v) is 8.40. The molecule has 0 aliphatic carbocycles. The zero-order chi connectivity index (χ0) is 28.3. The first-order chi connectivity index (χ1) is 21.3. The highest BCUT2D eigenvalue weighted by Crippen LogP contribution is 2.40. The van der Waals surface area contributed by atoms with Gasteiger partial charge in [-0.25, -0.2) is 15.0 Å². The Labute approximate surface area is 247 Å². The molecule has 43 heavy (non-hydrogen) atoms. The lowest BCUT2D eigenvalue weighted by molar-refractivity contribution is 0.574. The van der Waals surface area contributed by atoms with Crippen LogP contribution >= 0.6 is 0 Å². The molecule has 0 fully saturated rings. The highest BCUT2D eigenvalue weighted by molar-refractivity contribution is 6.20. The van der Waals surface area contributed by atoms with Crippen molar-refractivity contribution >= 4 is 49.4 Å². The summed E-state index contributed by atoms with van der Waals surface area (Å²) in [5.41, 5.74) is 3.79. The van der Waals surface area contributed by atoms with E-state index in [1.165, 1.54) is 26.9 Å². The summed E-state index contributed by atoms with van der Waals surface area (Å²) in [7, 11) is 0. The maximum atomic E-state index is 6.22. The molecule has 5 nitrogen and oxygen atoms in total. The van der Waals surface area contributed by atoms with Crippen molar-refractivity contribution in [2.45, 2.75) is 6.04 Å². The van der Waals surface area contributed by atoms with E-state index in [0.29, 0.717) is 17.5 Å². The molecule has 2 aromatic heterocycles. The molecule has 8 aromatic rings. The van der Waals surface area contributed by atoms with Gasteiger partial charge in [-0.05, 0) is 50.5 Å². The van der Waals surface area contributed by atoms with E-state index in [2.05, 4.69) is 78.1 Å². The molecule has 6 aromatic carbocycles. The molecule has 3 heterocycles. The molecule has 0 spiro atoms. The normalized spacial score (nSPS) is 14.4. The summed E-state index contributed by atoms with van der Waals surface area (Å²) in [5.74, 6) is 2.73. The number of para-hydroxylation sites is 1. The van der Waals surface area contributed by atoms with Crippen LogP contribution in [0.3, 0.4) is 0 Å². The fourth-order valence-corrected chi connectivity index (χ4v) is 6.42. The van der Waals surface area contributed by atoms with Crippen LogP contribution in [0.5, 0.6) is 0 Å². The summed E-state index contributed by atoms with van der Waals surface area (Å²) in [4.78, 5) is 15.4. The maximum absolute atomic E-state index is 6.22. The molecule has 1 N–H and O–H groups in total. The number of benzene rings is 6. The van der Waals surface area contributed by atoms with Crippen LogP contribution < -0.4 is 5.32 Å². The Morgan fingerprint density at radius 2 is 1.26 bits per heavy atom. The van der Waals surface area contributed by atoms with Crippen molar-refractivity contribution in [1.82, 2.24) is 20.3 Å². The number of nitrogens with one attached hydrogen (secondary N) is 1. The SMILES string of the molecule is C1=Cc2oc3ccccc3c2C(c2nc(-c3ccccc3)nc(-c3cc4c5ccccc5ccc4c4ccccc34)n2)N1. The van der Waals surface area contributed by atoms with Gasteiger partial charge in [0.25, 0.3) is 0 Å². The summed E-state index contributed by atoms with van der Waals surface area (Å²) in [6.45, 7) is 0. The van der Waals surface area contributed by atoms with E-state index >= 15 is 0 Å². The zero-order valence-corrected chi connectivity index (χ0v) is 23.0. The minimum absolute atomic E-state index is 0.305. The van der Waals surface area contributed by atoms with Crippen molar-refractivity contribution in [1.29, 1.82) is 0 Å². The fourth-order valence-electron chi connectivity index (χ4n) is 6.42. The van der Waals surface area contributed by atoms with Crippen molar-refractivity contribution in [3.63, 3.8) is 0 Å². The lowest BCUT2D eigenvalue weighted by Gasteiger charge is -2.21. The van der Waals surface area contributed by atoms with Gasteiger partial charge in [0, 0.05) is 28.3 Å². The molecule has 9 rings (SSSR count). The minimum Gasteiger partial charge on any atom is -0.456 e. The largest absolute Gasteiger partial charge is 0.456 e. The number of aromatic nitrogens is 3. The zero-order valence-electron chi connectivity index (χ0n) is 23.0. The van der Waals surface area contributed by atoms with Crippen LogP contribution in [0.15, 0.2) is 132 Å². The van der Waals surface area contributed by atoms with Gasteiger partial charge in [0.05, 0.1) is 0 Å². The Hall–Kier alpha value is -5.81. The Morgan fingerprint density at radius 1 is 0.558 bits per heavy atom. The second kappa shape index (κ2) is 9.36. The molecule has 1 atom stereocenters. The van der Waals surface area contributed by atoms with Crippen molar-refractivity contribution in [3.05, 3.63) is 145 Å². The molecule has 0 bridgehead atoms.